The molecule has 0 atom stereocenters. The number of anilines is 2. The van der Waals surface area contributed by atoms with Crippen LogP contribution in [0.3, 0.4) is 0 Å². The van der Waals surface area contributed by atoms with E-state index in [1.165, 1.54) is 30.3 Å². The minimum Gasteiger partial charge on any atom is -0.480 e. The first-order valence-corrected chi connectivity index (χ1v) is 24.0. The summed E-state index contributed by atoms with van der Waals surface area (Å²) in [5.41, 5.74) is 4.89. The van der Waals surface area contributed by atoms with E-state index in [-0.39, 0.29) is 70.6 Å². The predicted octanol–water partition coefficient (Wildman–Crippen LogP) is 9.97. The number of nitrogens with one attached hydrogen (secondary N) is 3. The van der Waals surface area contributed by atoms with Crippen molar-refractivity contribution in [2.75, 3.05) is 16.1 Å². The number of sulfonamides is 2. The van der Waals surface area contributed by atoms with Crippen LogP contribution in [0.1, 0.15) is 111 Å². The first kappa shape index (κ1) is 59.9. The Morgan fingerprint density at radius 1 is 0.701 bits per heavy atom. The second-order valence-electron chi connectivity index (χ2n) is 17.2. The molecular weight excluding hydrogens is 942 g/mol. The van der Waals surface area contributed by atoms with Crippen LogP contribution in [0.4, 0.5) is 11.4 Å². The van der Waals surface area contributed by atoms with Crippen molar-refractivity contribution < 1.29 is 41.0 Å². The third-order valence-corrected chi connectivity index (χ3v) is 12.4. The van der Waals surface area contributed by atoms with Gasteiger partial charge in [-0.15, -0.1) is 10.2 Å². The number of ether oxygens (including phenoxy) is 2. The Morgan fingerprint density at radius 3 is 1.54 bits per heavy atom. The van der Waals surface area contributed by atoms with E-state index in [1.807, 2.05) is 52.2 Å². The summed E-state index contributed by atoms with van der Waals surface area (Å²) in [5.74, 6) is 4.68. The molecule has 1 amide bonds. The second-order valence-corrected chi connectivity index (χ2v) is 21.5. The molecule has 0 unspecified atom stereocenters. The molecule has 0 radical (unpaired) electrons. The summed E-state index contributed by atoms with van der Waals surface area (Å²) in [6.45, 7) is 19.9. The maximum Gasteiger partial charge on any atom is 0.329 e. The third kappa shape index (κ3) is 18.2. The summed E-state index contributed by atoms with van der Waals surface area (Å²) in [6, 6.07) is 22.6. The van der Waals surface area contributed by atoms with Gasteiger partial charge in [-0.1, -0.05) is 104 Å². The molecular formula is C47H67Cl2N7O9S2. The van der Waals surface area contributed by atoms with Gasteiger partial charge in [0.25, 0.3) is 26.0 Å². The fourth-order valence-corrected chi connectivity index (χ4v) is 8.04. The normalized spacial score (nSPS) is 11.5. The first-order valence-electron chi connectivity index (χ1n) is 20.3. The van der Waals surface area contributed by atoms with Gasteiger partial charge in [-0.25, -0.2) is 27.5 Å². The van der Waals surface area contributed by atoms with Gasteiger partial charge in [-0.05, 0) is 110 Å². The van der Waals surface area contributed by atoms with E-state index in [0.717, 1.165) is 11.1 Å². The van der Waals surface area contributed by atoms with E-state index in [1.54, 1.807) is 67.9 Å². The van der Waals surface area contributed by atoms with Gasteiger partial charge in [0.05, 0.1) is 38.9 Å². The van der Waals surface area contributed by atoms with Gasteiger partial charge in [0.1, 0.15) is 13.2 Å². The third-order valence-electron chi connectivity index (χ3n) is 9.18. The highest BCUT2D eigenvalue weighted by atomic mass is 35.5. The van der Waals surface area contributed by atoms with Crippen LogP contribution in [-0.2, 0) is 58.8 Å². The smallest absolute Gasteiger partial charge is 0.329 e. The Morgan fingerprint density at radius 2 is 1.13 bits per heavy atom. The largest absolute Gasteiger partial charge is 0.480 e. The number of hydrogen-bond donors (Lipinski definition) is 5. The maximum absolute atomic E-state index is 13.1. The summed E-state index contributed by atoms with van der Waals surface area (Å²) in [4.78, 5) is 21.9. The molecule has 0 saturated heterocycles. The summed E-state index contributed by atoms with van der Waals surface area (Å²) in [5, 5.41) is 17.2. The zero-order chi connectivity index (χ0) is 49.1. The number of amides is 1. The van der Waals surface area contributed by atoms with E-state index in [2.05, 4.69) is 40.4 Å². The Balaban J connectivity index is 0.000000573. The summed E-state index contributed by atoms with van der Waals surface area (Å²) in [6.07, 6.45) is 0.0551. The minimum absolute atomic E-state index is 0. The zero-order valence-electron chi connectivity index (χ0n) is 38.4. The lowest BCUT2D eigenvalue weighted by Gasteiger charge is -2.19. The summed E-state index contributed by atoms with van der Waals surface area (Å²) < 4.78 is 68.6. The van der Waals surface area contributed by atoms with Crippen LogP contribution in [0.25, 0.3) is 11.4 Å². The van der Waals surface area contributed by atoms with Crippen LogP contribution < -0.4 is 20.7 Å². The van der Waals surface area contributed by atoms with Crippen LogP contribution in [0, 0.1) is 0 Å². The number of nitrogens with two attached hydrogens (primary N) is 1. The van der Waals surface area contributed by atoms with Crippen molar-refractivity contribution in [3.63, 3.8) is 0 Å². The Labute approximate surface area is 407 Å². The zero-order valence-corrected chi connectivity index (χ0v) is 41.5. The monoisotopic (exact) mass is 1010 g/mol. The van der Waals surface area contributed by atoms with Crippen molar-refractivity contribution >= 4 is 66.5 Å². The minimum atomic E-state index is -3.87. The van der Waals surface area contributed by atoms with Crippen molar-refractivity contribution in [1.29, 1.82) is 0 Å². The van der Waals surface area contributed by atoms with Gasteiger partial charge in [-0.2, -0.15) is 0 Å². The maximum atomic E-state index is 13.1. The van der Waals surface area contributed by atoms with Gasteiger partial charge in [-0.3, -0.25) is 19.7 Å². The molecule has 5 rings (SSSR count). The lowest BCUT2D eigenvalue weighted by Crippen LogP contribution is -2.31. The molecule has 6 N–H and O–H groups in total. The molecule has 1 aromatic heterocycles. The van der Waals surface area contributed by atoms with Crippen molar-refractivity contribution in [1.82, 2.24) is 20.2 Å². The Kier molecular flexibility index (Phi) is 22.7. The molecule has 0 aliphatic carbocycles. The van der Waals surface area contributed by atoms with Gasteiger partial charge in [0.15, 0.2) is 11.6 Å². The Bertz CT molecular complexity index is 2630. The molecule has 0 bridgehead atoms. The van der Waals surface area contributed by atoms with E-state index in [4.69, 9.17) is 43.6 Å². The number of carboxylic acids is 1. The second kappa shape index (κ2) is 25.3. The Hall–Kier alpha value is -5.08. The average molecular weight is 1010 g/mol. The fourth-order valence-electron chi connectivity index (χ4n) is 5.54. The molecule has 20 heteroatoms. The van der Waals surface area contributed by atoms with E-state index in [0.29, 0.717) is 34.5 Å². The molecule has 0 fully saturated rings. The number of aromatic nitrogens is 3. The van der Waals surface area contributed by atoms with Crippen LogP contribution in [0.15, 0.2) is 94.7 Å². The van der Waals surface area contributed by atoms with Crippen molar-refractivity contribution in [2.45, 2.75) is 124 Å². The number of hydrogen-bond acceptors (Lipinski definition) is 11. The summed E-state index contributed by atoms with van der Waals surface area (Å²) >= 11 is 12.1. The molecule has 16 nitrogen and oxygen atoms in total. The molecule has 0 aliphatic heterocycles. The quantitative estimate of drug-likeness (QED) is 0.0397. The van der Waals surface area contributed by atoms with Crippen LogP contribution in [0.2, 0.25) is 10.0 Å². The van der Waals surface area contributed by atoms with Gasteiger partial charge in [0, 0.05) is 22.7 Å². The highest BCUT2D eigenvalue weighted by Gasteiger charge is 2.23. The number of nitrogen functional groups attached to an aromatic ring is 1. The molecule has 370 valence electrons. The van der Waals surface area contributed by atoms with Gasteiger partial charge >= 0.3 is 5.97 Å². The lowest BCUT2D eigenvalue weighted by molar-refractivity contribution is -0.143. The molecule has 67 heavy (non-hydrogen) atoms. The number of benzene rings is 4. The molecule has 1 heterocycles. The predicted molar refractivity (Wildman–Crippen MR) is 269 cm³/mol. The van der Waals surface area contributed by atoms with Crippen molar-refractivity contribution in [3.05, 3.63) is 117 Å². The number of halogens is 2. The topological polar surface area (TPSA) is 234 Å². The average Bonchev–Trinajstić information content (AvgIpc) is 3.59. The number of carbonyl (C=O) groups is 2. The fraction of sp³-hybridized carbons (Fsp3) is 0.404. The molecule has 0 spiro atoms. The number of aliphatic carboxylic acids is 1. The van der Waals surface area contributed by atoms with E-state index in [9.17, 15) is 26.4 Å². The highest BCUT2D eigenvalue weighted by Crippen LogP contribution is 2.33. The molecule has 4 aromatic carbocycles. The number of nitrogens with zero attached hydrogens (tertiary/aromatic N) is 3. The number of carboxylic acid groups (broad SMARTS) is 1. The molecule has 5 aromatic rings. The first-order chi connectivity index (χ1) is 30.0. The van der Waals surface area contributed by atoms with Crippen LogP contribution in [-0.4, -0.2) is 67.4 Å². The van der Waals surface area contributed by atoms with Crippen LogP contribution >= 0.6 is 23.2 Å². The van der Waals surface area contributed by atoms with Gasteiger partial charge in [0.2, 0.25) is 0 Å². The van der Waals surface area contributed by atoms with E-state index < -0.39 is 31.9 Å². The van der Waals surface area contributed by atoms with Crippen molar-refractivity contribution in [3.8, 4) is 11.4 Å². The SMILES string of the molecule is C.C.CC(C)(C)c1ccc(S(=O)(=O)Nc2ccc(Cl)cc2C(=O)NN)cc1.CC(C)OCC(=O)O.CC(C)OCc1nnc(-c2cc(Cl)ccc2NS(=O)(=O)c2ccc(C(C)(C)C)cc2)n1C. The number of hydrazine groups is 1. The highest BCUT2D eigenvalue weighted by molar-refractivity contribution is 7.93. The molecule has 0 saturated carbocycles. The standard InChI is InChI=1S/C23H29ClN4O3S.C17H20ClN3O3S.C5H10O3.2CH4/c1-15(2)31-14-21-25-26-22(28(21)6)19-13-17(24)9-12-20(19)27-32(29,30)18-10-7-16(8-11-18)23(3,4)5;1-17(2,3)11-4-7-13(8-5-11)25(23,24)21-15-9-6-12(18)10-14(15)16(22)20-19;1-4(2)8-3-5(6)7;;/h7-13,15,27H,14H2,1-6H3;4-10,21H,19H2,1-3H3,(H,20,22);4H,3H2,1-2H3,(H,6,7);2*1H4. The molecule has 0 aliphatic rings. The number of carbonyl (C=O) groups excluding carboxylic acids is 1. The number of rotatable bonds is 14. The van der Waals surface area contributed by atoms with Gasteiger partial charge < -0.3 is 19.1 Å². The van der Waals surface area contributed by atoms with Crippen molar-refractivity contribution in [2.24, 2.45) is 12.9 Å². The summed E-state index contributed by atoms with van der Waals surface area (Å²) in [7, 11) is -5.88. The lowest BCUT2D eigenvalue weighted by atomic mass is 9.87. The van der Waals surface area contributed by atoms with E-state index >= 15 is 0 Å². The van der Waals surface area contributed by atoms with Crippen LogP contribution in [0.5, 0.6) is 0 Å².